The first-order valence-electron chi connectivity index (χ1n) is 6.07. The SMILES string of the molecule is NCc1cc(C(=O)N2CCNCC2)nc(C(F)(F)F)n1. The zero-order valence-electron chi connectivity index (χ0n) is 10.6. The molecule has 9 heteroatoms. The van der Waals surface area contributed by atoms with Gasteiger partial charge in [0.15, 0.2) is 0 Å². The highest BCUT2D eigenvalue weighted by molar-refractivity contribution is 5.92. The van der Waals surface area contributed by atoms with Crippen molar-refractivity contribution in [1.82, 2.24) is 20.2 Å². The van der Waals surface area contributed by atoms with Crippen molar-refractivity contribution < 1.29 is 18.0 Å². The monoisotopic (exact) mass is 289 g/mol. The van der Waals surface area contributed by atoms with Crippen LogP contribution in [0.15, 0.2) is 6.07 Å². The summed E-state index contributed by atoms with van der Waals surface area (Å²) in [6, 6.07) is 1.21. The minimum absolute atomic E-state index is 0.00851. The molecule has 0 aliphatic carbocycles. The number of hydrogen-bond donors (Lipinski definition) is 2. The molecular weight excluding hydrogens is 275 g/mol. The number of alkyl halides is 3. The van der Waals surface area contributed by atoms with Crippen molar-refractivity contribution in [2.75, 3.05) is 26.2 Å². The molecule has 1 aromatic rings. The normalized spacial score (nSPS) is 16.3. The number of piperazine rings is 1. The van der Waals surface area contributed by atoms with E-state index in [0.29, 0.717) is 26.2 Å². The Kier molecular flexibility index (Phi) is 4.19. The number of halogens is 3. The van der Waals surface area contributed by atoms with Gasteiger partial charge in [-0.2, -0.15) is 13.2 Å². The van der Waals surface area contributed by atoms with Crippen LogP contribution in [0.3, 0.4) is 0 Å². The molecular formula is C11H14F3N5O. The standard InChI is InChI=1S/C11H14F3N5O/c12-11(13,14)10-17-7(6-15)5-8(18-10)9(20)19-3-1-16-2-4-19/h5,16H,1-4,6,15H2. The van der Waals surface area contributed by atoms with E-state index in [2.05, 4.69) is 15.3 Å². The maximum atomic E-state index is 12.7. The van der Waals surface area contributed by atoms with Crippen molar-refractivity contribution in [2.24, 2.45) is 5.73 Å². The molecule has 0 unspecified atom stereocenters. The average Bonchev–Trinajstić information content (AvgIpc) is 2.46. The summed E-state index contributed by atoms with van der Waals surface area (Å²) in [6.07, 6.45) is -4.70. The van der Waals surface area contributed by atoms with Crippen molar-refractivity contribution in [2.45, 2.75) is 12.7 Å². The highest BCUT2D eigenvalue weighted by atomic mass is 19.4. The second-order valence-electron chi connectivity index (χ2n) is 4.31. The second kappa shape index (κ2) is 5.71. The predicted molar refractivity (Wildman–Crippen MR) is 63.7 cm³/mol. The van der Waals surface area contributed by atoms with Crippen LogP contribution in [0.25, 0.3) is 0 Å². The molecule has 20 heavy (non-hydrogen) atoms. The van der Waals surface area contributed by atoms with E-state index >= 15 is 0 Å². The second-order valence-corrected chi connectivity index (χ2v) is 4.31. The Morgan fingerprint density at radius 2 is 2.00 bits per heavy atom. The van der Waals surface area contributed by atoms with Gasteiger partial charge in [0.1, 0.15) is 5.69 Å². The summed E-state index contributed by atoms with van der Waals surface area (Å²) in [7, 11) is 0. The van der Waals surface area contributed by atoms with Crippen molar-refractivity contribution in [3.63, 3.8) is 0 Å². The van der Waals surface area contributed by atoms with Gasteiger partial charge in [-0.1, -0.05) is 0 Å². The zero-order chi connectivity index (χ0) is 14.8. The third-order valence-electron chi connectivity index (χ3n) is 2.87. The number of nitrogens with zero attached hydrogens (tertiary/aromatic N) is 3. The first-order valence-corrected chi connectivity index (χ1v) is 6.07. The van der Waals surface area contributed by atoms with Crippen molar-refractivity contribution in [3.8, 4) is 0 Å². The minimum atomic E-state index is -4.70. The lowest BCUT2D eigenvalue weighted by atomic mass is 10.2. The Morgan fingerprint density at radius 1 is 1.35 bits per heavy atom. The lowest BCUT2D eigenvalue weighted by molar-refractivity contribution is -0.145. The van der Waals surface area contributed by atoms with Gasteiger partial charge in [-0.05, 0) is 6.07 Å². The number of hydrogen-bond acceptors (Lipinski definition) is 5. The van der Waals surface area contributed by atoms with E-state index in [1.165, 1.54) is 11.0 Å². The molecule has 1 fully saturated rings. The van der Waals surface area contributed by atoms with Crippen molar-refractivity contribution in [1.29, 1.82) is 0 Å². The van der Waals surface area contributed by atoms with Gasteiger partial charge >= 0.3 is 6.18 Å². The van der Waals surface area contributed by atoms with Crippen LogP contribution in [-0.2, 0) is 12.7 Å². The van der Waals surface area contributed by atoms with E-state index in [9.17, 15) is 18.0 Å². The Labute approximate surface area is 113 Å². The molecule has 1 aliphatic rings. The largest absolute Gasteiger partial charge is 0.451 e. The molecule has 1 saturated heterocycles. The summed E-state index contributed by atoms with van der Waals surface area (Å²) in [6.45, 7) is 1.89. The van der Waals surface area contributed by atoms with Gasteiger partial charge in [-0.15, -0.1) is 0 Å². The number of aromatic nitrogens is 2. The Hall–Kier alpha value is -1.74. The molecule has 0 aromatic carbocycles. The van der Waals surface area contributed by atoms with Crippen LogP contribution in [0.1, 0.15) is 22.0 Å². The summed E-state index contributed by atoms with van der Waals surface area (Å²) in [5, 5.41) is 3.05. The van der Waals surface area contributed by atoms with E-state index in [1.807, 2.05) is 0 Å². The molecule has 110 valence electrons. The molecule has 6 nitrogen and oxygen atoms in total. The van der Waals surface area contributed by atoms with Crippen LogP contribution in [0.4, 0.5) is 13.2 Å². The summed E-state index contributed by atoms with van der Waals surface area (Å²) >= 11 is 0. The van der Waals surface area contributed by atoms with Gasteiger partial charge in [-0.25, -0.2) is 9.97 Å². The number of carbonyl (C=O) groups excluding carboxylic acids is 1. The van der Waals surface area contributed by atoms with Crippen molar-refractivity contribution in [3.05, 3.63) is 23.3 Å². The molecule has 0 bridgehead atoms. The van der Waals surface area contributed by atoms with Gasteiger partial charge in [0.05, 0.1) is 5.69 Å². The molecule has 3 N–H and O–H groups in total. The lowest BCUT2D eigenvalue weighted by Gasteiger charge is -2.27. The molecule has 0 atom stereocenters. The fraction of sp³-hybridized carbons (Fsp3) is 0.545. The highest BCUT2D eigenvalue weighted by Crippen LogP contribution is 2.26. The first kappa shape index (κ1) is 14.7. The maximum Gasteiger partial charge on any atom is 0.451 e. The number of nitrogens with two attached hydrogens (primary N) is 1. The third-order valence-corrected chi connectivity index (χ3v) is 2.87. The molecule has 0 spiro atoms. The number of amides is 1. The minimum Gasteiger partial charge on any atom is -0.335 e. The molecule has 1 amide bonds. The Morgan fingerprint density at radius 3 is 2.55 bits per heavy atom. The van der Waals surface area contributed by atoms with E-state index in [-0.39, 0.29) is 17.9 Å². The van der Waals surface area contributed by atoms with Crippen LogP contribution in [0, 0.1) is 0 Å². The van der Waals surface area contributed by atoms with Gasteiger partial charge in [0.25, 0.3) is 5.91 Å². The summed E-state index contributed by atoms with van der Waals surface area (Å²) in [4.78, 5) is 20.2. The van der Waals surface area contributed by atoms with E-state index in [0.717, 1.165) is 0 Å². The Balaban J connectivity index is 2.32. The molecule has 2 heterocycles. The molecule has 2 rings (SSSR count). The van der Waals surface area contributed by atoms with Gasteiger partial charge < -0.3 is 16.0 Å². The van der Waals surface area contributed by atoms with Crippen molar-refractivity contribution >= 4 is 5.91 Å². The fourth-order valence-electron chi connectivity index (χ4n) is 1.87. The fourth-order valence-corrected chi connectivity index (χ4v) is 1.87. The topological polar surface area (TPSA) is 84.1 Å². The molecule has 0 radical (unpaired) electrons. The molecule has 1 aromatic heterocycles. The number of nitrogens with one attached hydrogen (secondary N) is 1. The van der Waals surface area contributed by atoms with E-state index < -0.39 is 17.9 Å². The summed E-state index contributed by atoms with van der Waals surface area (Å²) in [5.41, 5.74) is 5.04. The quantitative estimate of drug-likeness (QED) is 0.800. The predicted octanol–water partition coefficient (Wildman–Crippen LogP) is -0.000500. The van der Waals surface area contributed by atoms with Gasteiger partial charge in [-0.3, -0.25) is 4.79 Å². The summed E-state index contributed by atoms with van der Waals surface area (Å²) < 4.78 is 38.1. The van der Waals surface area contributed by atoms with Crippen LogP contribution < -0.4 is 11.1 Å². The van der Waals surface area contributed by atoms with E-state index in [1.54, 1.807) is 0 Å². The Bertz CT molecular complexity index is 499. The van der Waals surface area contributed by atoms with E-state index in [4.69, 9.17) is 5.73 Å². The van der Waals surface area contributed by atoms with Gasteiger partial charge in [0.2, 0.25) is 5.82 Å². The van der Waals surface area contributed by atoms with Gasteiger partial charge in [0, 0.05) is 32.7 Å². The van der Waals surface area contributed by atoms with Crippen LogP contribution in [-0.4, -0.2) is 47.0 Å². The van der Waals surface area contributed by atoms with Crippen LogP contribution in [0.5, 0.6) is 0 Å². The van der Waals surface area contributed by atoms with Crippen LogP contribution >= 0.6 is 0 Å². The summed E-state index contributed by atoms with van der Waals surface area (Å²) in [5.74, 6) is -1.87. The smallest absolute Gasteiger partial charge is 0.335 e. The van der Waals surface area contributed by atoms with Crippen LogP contribution in [0.2, 0.25) is 0 Å². The zero-order valence-corrected chi connectivity index (χ0v) is 10.6. The average molecular weight is 289 g/mol. The third kappa shape index (κ3) is 3.23. The lowest BCUT2D eigenvalue weighted by Crippen LogP contribution is -2.46. The maximum absolute atomic E-state index is 12.7. The highest BCUT2D eigenvalue weighted by Gasteiger charge is 2.36. The molecule has 1 aliphatic heterocycles. The molecule has 0 saturated carbocycles. The first-order chi connectivity index (χ1) is 9.41. The number of rotatable bonds is 2. The number of carbonyl (C=O) groups is 1.